The summed E-state index contributed by atoms with van der Waals surface area (Å²) in [7, 11) is 0. The Morgan fingerprint density at radius 2 is 0.289 bits per heavy atom. The maximum Gasteiger partial charge on any atom is 0.322 e. The highest BCUT2D eigenvalue weighted by molar-refractivity contribution is 9.11. The molecule has 0 bridgehead atoms. The SMILES string of the molecule is CC(C)(Br)C(=O)OCC(C)(COC(=O)C(C)(C)Br)C(=O)OCC(C)(COC(=O)C(C)(COC(=O)C(C)(C)Br)COC(=O)C(C)(C)Br)C(=O)OCc1ccc(COC(=O)CC(=O)OCc2ccc(COC(=O)C(C)(COC(=O)C(C)(COC(=O)C(C)(C)Br)COC(=O)C(C)(C)Br)COC(=O)C(C)(COC(=O)C(C)(C)Br)COC(=O)C(C)(C)Br)cc2)cc1. The molecule has 40 heteroatoms. The molecule has 0 N–H and O–H groups in total. The van der Waals surface area contributed by atoms with Crippen molar-refractivity contribution in [3.63, 3.8) is 0 Å². The van der Waals surface area contributed by atoms with Crippen LogP contribution in [0, 0.1) is 32.5 Å². The molecule has 0 aliphatic rings. The standard InChI is InChI=1S/C81H108Br8O32/c1-68(2,82)54(92)110-36-78(19,37-111-55(93)69(3,4)83)64(102)118-44-76(17,45-119-65(103)79(20,38-112-56(94)70(5,6)84)39-113-57(95)71(7,8)85)62(100)108-34-50-27-23-48(24-28-50)32-106-52(90)31-53(91)107-33-49-25-29-51(30-26-49)35-109-63(101)77(18,46-120-66(104)80(21,40-114-58(96)72(9,10)86)41-115-59(97)73(11,12)87)47-121-67(105)81(22,42-116-60(98)74(13,14)88)43-117-61(99)75(15,16)89/h23-30H,31-47H2,1-22H3. The van der Waals surface area contributed by atoms with Gasteiger partial charge >= 0.3 is 95.5 Å². The average Bonchev–Trinajstić information content (AvgIpc) is 0.822. The van der Waals surface area contributed by atoms with Gasteiger partial charge in [0.25, 0.3) is 0 Å². The number of alkyl halides is 8. The van der Waals surface area contributed by atoms with Crippen LogP contribution in [0.15, 0.2) is 48.5 Å². The van der Waals surface area contributed by atoms with E-state index in [9.17, 15) is 76.7 Å². The maximum absolute atomic E-state index is 14.4. The van der Waals surface area contributed by atoms with E-state index in [1.807, 2.05) is 0 Å². The second-order valence-electron chi connectivity index (χ2n) is 34.3. The Hall–Kier alpha value is -6.20. The lowest BCUT2D eigenvalue weighted by Crippen LogP contribution is -2.47. The number of esters is 16. The molecule has 0 aromatic heterocycles. The number of hydrogen-bond acceptors (Lipinski definition) is 32. The van der Waals surface area contributed by atoms with Crippen molar-refractivity contribution in [1.82, 2.24) is 0 Å². The minimum absolute atomic E-state index is 0.339. The van der Waals surface area contributed by atoms with Crippen molar-refractivity contribution >= 4 is 223 Å². The Kier molecular flexibility index (Phi) is 41.5. The van der Waals surface area contributed by atoms with Crippen molar-refractivity contribution in [2.24, 2.45) is 32.5 Å². The average molecular weight is 2230 g/mol. The zero-order chi connectivity index (χ0) is 93.5. The Morgan fingerprint density at radius 1 is 0.182 bits per heavy atom. The lowest BCUT2D eigenvalue weighted by Gasteiger charge is -2.33. The van der Waals surface area contributed by atoms with Gasteiger partial charge < -0.3 is 75.8 Å². The predicted molar refractivity (Wildman–Crippen MR) is 461 cm³/mol. The smallest absolute Gasteiger partial charge is 0.322 e. The van der Waals surface area contributed by atoms with Crippen LogP contribution >= 0.6 is 127 Å². The van der Waals surface area contributed by atoms with Crippen LogP contribution in [0.1, 0.15) is 181 Å². The van der Waals surface area contributed by atoms with Crippen LogP contribution in [0.4, 0.5) is 0 Å². The van der Waals surface area contributed by atoms with E-state index in [-0.39, 0.29) is 13.2 Å². The molecule has 0 saturated carbocycles. The summed E-state index contributed by atoms with van der Waals surface area (Å²) < 4.78 is 79.0. The van der Waals surface area contributed by atoms with Crippen molar-refractivity contribution < 1.29 is 153 Å². The summed E-state index contributed by atoms with van der Waals surface area (Å²) in [5.74, 6) is -15.1. The molecule has 680 valence electrons. The fourth-order valence-electron chi connectivity index (χ4n) is 8.38. The molecular weight excluding hydrogens is 2120 g/mol. The molecule has 0 radical (unpaired) electrons. The summed E-state index contributed by atoms with van der Waals surface area (Å²) >= 11 is 25.7. The van der Waals surface area contributed by atoms with Crippen molar-refractivity contribution in [3.8, 4) is 0 Å². The normalized spacial score (nSPS) is 12.8. The van der Waals surface area contributed by atoms with E-state index in [0.29, 0.717) is 22.3 Å². The van der Waals surface area contributed by atoms with Gasteiger partial charge in [-0.05, 0) is 175 Å². The quantitative estimate of drug-likeness (QED) is 0.0257. The minimum atomic E-state index is -2.08. The molecule has 0 fully saturated rings. The summed E-state index contributed by atoms with van der Waals surface area (Å²) in [6.45, 7) is 20.8. The number of hydrogen-bond donors (Lipinski definition) is 0. The summed E-state index contributed by atoms with van der Waals surface area (Å²) in [5.41, 5.74) is -10.3. The topological polar surface area (TPSA) is 421 Å². The Morgan fingerprint density at radius 3 is 0.413 bits per heavy atom. The molecule has 32 nitrogen and oxygen atoms in total. The summed E-state index contributed by atoms with van der Waals surface area (Å²) in [6, 6.07) is 12.1. The van der Waals surface area contributed by atoms with E-state index >= 15 is 0 Å². The monoisotopic (exact) mass is 2220 g/mol. The fourth-order valence-corrected chi connectivity index (χ4v) is 9.30. The van der Waals surface area contributed by atoms with Gasteiger partial charge in [0.2, 0.25) is 0 Å². The number of benzene rings is 2. The van der Waals surface area contributed by atoms with E-state index in [4.69, 9.17) is 75.8 Å². The first-order chi connectivity index (χ1) is 54.8. The zero-order valence-corrected chi connectivity index (χ0v) is 84.4. The van der Waals surface area contributed by atoms with Crippen LogP contribution < -0.4 is 0 Å². The molecule has 0 spiro atoms. The summed E-state index contributed by atoms with van der Waals surface area (Å²) in [5, 5.41) is 0. The molecule has 0 atom stereocenters. The van der Waals surface area contributed by atoms with Gasteiger partial charge in [-0.15, -0.1) is 0 Å². The van der Waals surface area contributed by atoms with E-state index < -0.39 is 262 Å². The van der Waals surface area contributed by atoms with Gasteiger partial charge in [-0.25, -0.2) is 0 Å². The minimum Gasteiger partial charge on any atom is -0.464 e. The summed E-state index contributed by atoms with van der Waals surface area (Å²) in [6.07, 6.45) is -0.818. The highest BCUT2D eigenvalue weighted by Crippen LogP contribution is 2.35. The molecule has 0 saturated heterocycles. The van der Waals surface area contributed by atoms with Gasteiger partial charge in [0.1, 0.15) is 179 Å². The summed E-state index contributed by atoms with van der Waals surface area (Å²) in [4.78, 5) is 215. The molecule has 2 aromatic rings. The maximum atomic E-state index is 14.4. The van der Waals surface area contributed by atoms with Crippen molar-refractivity contribution in [2.45, 2.75) is 220 Å². The first-order valence-electron chi connectivity index (χ1n) is 37.2. The third-order valence-electron chi connectivity index (χ3n) is 17.0. The molecule has 121 heavy (non-hydrogen) atoms. The van der Waals surface area contributed by atoms with E-state index in [2.05, 4.69) is 127 Å². The van der Waals surface area contributed by atoms with Crippen molar-refractivity contribution in [2.75, 3.05) is 79.3 Å². The van der Waals surface area contributed by atoms with Gasteiger partial charge in [0, 0.05) is 0 Å². The lowest BCUT2D eigenvalue weighted by atomic mass is 9.90. The number of carbonyl (C=O) groups is 16. The van der Waals surface area contributed by atoms with E-state index in [0.717, 1.165) is 0 Å². The van der Waals surface area contributed by atoms with Crippen molar-refractivity contribution in [1.29, 1.82) is 0 Å². The molecule has 0 aliphatic carbocycles. The molecule has 0 amide bonds. The van der Waals surface area contributed by atoms with Gasteiger partial charge in [-0.3, -0.25) is 76.7 Å². The Bertz CT molecular complexity index is 3480. The van der Waals surface area contributed by atoms with Crippen LogP contribution in [-0.2, 0) is 179 Å². The highest BCUT2D eigenvalue weighted by Gasteiger charge is 2.50. The number of rotatable bonds is 48. The second-order valence-corrected chi connectivity index (χ2v) is 50.2. The lowest BCUT2D eigenvalue weighted by molar-refractivity contribution is -0.186. The van der Waals surface area contributed by atoms with Crippen LogP contribution in [0.3, 0.4) is 0 Å². The number of carbonyl (C=O) groups excluding carboxylic acids is 16. The van der Waals surface area contributed by atoms with Crippen molar-refractivity contribution in [3.05, 3.63) is 70.8 Å². The molecular formula is C81H108Br8O32. The molecule has 2 rings (SSSR count). The van der Waals surface area contributed by atoms with E-state index in [1.54, 1.807) is 0 Å². The third kappa shape index (κ3) is 37.9. The molecule has 0 aliphatic heterocycles. The fraction of sp³-hybridized carbons (Fsp3) is 0.654. The zero-order valence-electron chi connectivity index (χ0n) is 71.7. The predicted octanol–water partition coefficient (Wildman–Crippen LogP) is 12.9. The highest BCUT2D eigenvalue weighted by atomic mass is 79.9. The third-order valence-corrected chi connectivity index (χ3v) is 19.6. The first-order valence-corrected chi connectivity index (χ1v) is 43.5. The Labute approximate surface area is 771 Å². The van der Waals surface area contributed by atoms with Crippen LogP contribution in [0.5, 0.6) is 0 Å². The second kappa shape index (κ2) is 45.3. The van der Waals surface area contributed by atoms with Crippen LogP contribution in [0.2, 0.25) is 0 Å². The molecule has 0 heterocycles. The Balaban J connectivity index is 2.39. The van der Waals surface area contributed by atoms with Gasteiger partial charge in [-0.2, -0.15) is 0 Å². The van der Waals surface area contributed by atoms with Crippen LogP contribution in [-0.4, -0.2) is 209 Å². The number of halogens is 8. The molecule has 2 aromatic carbocycles. The van der Waals surface area contributed by atoms with Gasteiger partial charge in [-0.1, -0.05) is 176 Å². The first kappa shape index (κ1) is 111. The van der Waals surface area contributed by atoms with Gasteiger partial charge in [0.05, 0.1) is 0 Å². The number of ether oxygens (including phenoxy) is 16. The van der Waals surface area contributed by atoms with Crippen LogP contribution in [0.25, 0.3) is 0 Å². The molecule has 0 unspecified atom stereocenters. The largest absolute Gasteiger partial charge is 0.464 e. The van der Waals surface area contributed by atoms with Gasteiger partial charge in [0.15, 0.2) is 0 Å². The van der Waals surface area contributed by atoms with E-state index in [1.165, 1.54) is 201 Å².